The third kappa shape index (κ3) is 5.51. The number of hydrogen-bond donors (Lipinski definition) is 1. The van der Waals surface area contributed by atoms with E-state index in [0.29, 0.717) is 0 Å². The zero-order valence-corrected chi connectivity index (χ0v) is 9.70. The van der Waals surface area contributed by atoms with E-state index in [1.807, 2.05) is 0 Å². The molecule has 76 valence electrons. The highest BCUT2D eigenvalue weighted by molar-refractivity contribution is 5.14. The second-order valence-electron chi connectivity index (χ2n) is 3.65. The van der Waals surface area contributed by atoms with Crippen molar-refractivity contribution < 1.29 is 0 Å². The minimum absolute atomic E-state index is 1.10. The van der Waals surface area contributed by atoms with Crippen LogP contribution in [0.4, 0.5) is 0 Å². The van der Waals surface area contributed by atoms with Crippen molar-refractivity contribution in [1.29, 1.82) is 0 Å². The third-order valence-corrected chi connectivity index (χ3v) is 1.96. The molecule has 1 N–H and O–H groups in total. The summed E-state index contributed by atoms with van der Waals surface area (Å²) in [4.78, 5) is 0. The van der Waals surface area contributed by atoms with Gasteiger partial charge in [-0.2, -0.15) is 0 Å². The van der Waals surface area contributed by atoms with Gasteiger partial charge in [-0.1, -0.05) is 31.9 Å². The van der Waals surface area contributed by atoms with Crippen LogP contribution in [0.15, 0.2) is 23.0 Å². The highest BCUT2D eigenvalue weighted by Gasteiger charge is 1.97. The molecule has 0 saturated heterocycles. The van der Waals surface area contributed by atoms with E-state index in [2.05, 4.69) is 46.0 Å². The van der Waals surface area contributed by atoms with E-state index in [1.54, 1.807) is 0 Å². The molecule has 0 bridgehead atoms. The third-order valence-electron chi connectivity index (χ3n) is 1.96. The van der Waals surface area contributed by atoms with Crippen LogP contribution >= 0.6 is 0 Å². The van der Waals surface area contributed by atoms with E-state index in [-0.39, 0.29) is 0 Å². The lowest BCUT2D eigenvalue weighted by molar-refractivity contribution is 0.793. The molecule has 0 atom stereocenters. The summed E-state index contributed by atoms with van der Waals surface area (Å²) in [7, 11) is 0. The molecule has 0 saturated carbocycles. The normalized spacial score (nSPS) is 11.3. The van der Waals surface area contributed by atoms with Gasteiger partial charge in [0.15, 0.2) is 0 Å². The number of nitrogens with one attached hydrogen (secondary N) is 1. The van der Waals surface area contributed by atoms with Gasteiger partial charge in [-0.15, -0.1) is 0 Å². The van der Waals surface area contributed by atoms with Crippen molar-refractivity contribution >= 4 is 0 Å². The van der Waals surface area contributed by atoms with Gasteiger partial charge >= 0.3 is 0 Å². The van der Waals surface area contributed by atoms with Crippen molar-refractivity contribution in [1.82, 2.24) is 5.32 Å². The Balaban J connectivity index is 4.28. The second-order valence-corrected chi connectivity index (χ2v) is 3.65. The molecular formula is C12H23N. The van der Waals surface area contributed by atoms with Crippen molar-refractivity contribution in [2.24, 2.45) is 0 Å². The van der Waals surface area contributed by atoms with Crippen molar-refractivity contribution in [3.63, 3.8) is 0 Å². The molecule has 0 aromatic heterocycles. The minimum atomic E-state index is 1.10. The summed E-state index contributed by atoms with van der Waals surface area (Å²) in [5.41, 5.74) is 4.04. The molecule has 0 unspecified atom stereocenters. The maximum Gasteiger partial charge on any atom is 0.0134 e. The summed E-state index contributed by atoms with van der Waals surface area (Å²) < 4.78 is 0. The van der Waals surface area contributed by atoms with Gasteiger partial charge in [0, 0.05) is 11.4 Å². The van der Waals surface area contributed by atoms with Crippen LogP contribution in [0, 0.1) is 0 Å². The van der Waals surface area contributed by atoms with Gasteiger partial charge in [0.25, 0.3) is 0 Å². The fourth-order valence-corrected chi connectivity index (χ4v) is 1.28. The largest absolute Gasteiger partial charge is 0.363 e. The van der Waals surface area contributed by atoms with Crippen LogP contribution in [0.25, 0.3) is 0 Å². The van der Waals surface area contributed by atoms with E-state index < -0.39 is 0 Å². The molecule has 0 radical (unpaired) electrons. The number of allylic oxidation sites excluding steroid dienone is 4. The first kappa shape index (κ1) is 12.3. The highest BCUT2D eigenvalue weighted by Crippen LogP contribution is 2.09. The summed E-state index contributed by atoms with van der Waals surface area (Å²) in [5.74, 6) is 0. The molecule has 0 aromatic rings. The van der Waals surface area contributed by atoms with Crippen LogP contribution < -0.4 is 5.32 Å². The standard InChI is InChI=1S/C12H23N/c1-6-8-11(5)13-12(9-7-2)10(3)4/h8,13H,6-7,9H2,1-5H3/b11-8+. The van der Waals surface area contributed by atoms with Gasteiger partial charge < -0.3 is 5.32 Å². The van der Waals surface area contributed by atoms with E-state index in [4.69, 9.17) is 0 Å². The molecule has 0 aliphatic rings. The Labute approximate surface area is 82.9 Å². The van der Waals surface area contributed by atoms with Crippen LogP contribution in [0.3, 0.4) is 0 Å². The van der Waals surface area contributed by atoms with Crippen LogP contribution in [0.5, 0.6) is 0 Å². The molecule has 0 heterocycles. The molecule has 0 aliphatic heterocycles. The highest BCUT2D eigenvalue weighted by atomic mass is 14.9. The topological polar surface area (TPSA) is 12.0 Å². The smallest absolute Gasteiger partial charge is 0.0134 e. The maximum absolute atomic E-state index is 3.46. The lowest BCUT2D eigenvalue weighted by Crippen LogP contribution is -2.11. The fourth-order valence-electron chi connectivity index (χ4n) is 1.28. The number of rotatable bonds is 5. The van der Waals surface area contributed by atoms with Crippen LogP contribution in [-0.4, -0.2) is 0 Å². The van der Waals surface area contributed by atoms with Gasteiger partial charge in [0.1, 0.15) is 0 Å². The Bertz CT molecular complexity index is 195. The molecular weight excluding hydrogens is 158 g/mol. The van der Waals surface area contributed by atoms with Crippen molar-refractivity contribution in [3.8, 4) is 0 Å². The first-order valence-corrected chi connectivity index (χ1v) is 5.21. The van der Waals surface area contributed by atoms with Gasteiger partial charge in [0.05, 0.1) is 0 Å². The monoisotopic (exact) mass is 181 g/mol. The Morgan fingerprint density at radius 2 is 1.77 bits per heavy atom. The predicted molar refractivity (Wildman–Crippen MR) is 60.5 cm³/mol. The van der Waals surface area contributed by atoms with Crippen LogP contribution in [0.2, 0.25) is 0 Å². The summed E-state index contributed by atoms with van der Waals surface area (Å²) in [6, 6.07) is 0. The lowest BCUT2D eigenvalue weighted by atomic mass is 10.1. The zero-order valence-electron chi connectivity index (χ0n) is 9.70. The average Bonchev–Trinajstić information content (AvgIpc) is 2.04. The van der Waals surface area contributed by atoms with E-state index >= 15 is 0 Å². The maximum atomic E-state index is 3.46. The van der Waals surface area contributed by atoms with Crippen LogP contribution in [0.1, 0.15) is 53.9 Å². The fraction of sp³-hybridized carbons (Fsp3) is 0.667. The summed E-state index contributed by atoms with van der Waals surface area (Å²) in [6.07, 6.45) is 5.67. The molecule has 0 rings (SSSR count). The molecule has 0 amide bonds. The lowest BCUT2D eigenvalue weighted by Gasteiger charge is -2.12. The Hall–Kier alpha value is -0.720. The SMILES string of the molecule is CC/C=C(\C)NC(CCC)=C(C)C. The summed E-state index contributed by atoms with van der Waals surface area (Å²) in [5, 5.41) is 3.46. The van der Waals surface area contributed by atoms with Gasteiger partial charge in [-0.05, 0) is 33.6 Å². The van der Waals surface area contributed by atoms with Crippen molar-refractivity contribution in [2.75, 3.05) is 0 Å². The molecule has 13 heavy (non-hydrogen) atoms. The molecule has 1 nitrogen and oxygen atoms in total. The van der Waals surface area contributed by atoms with Gasteiger partial charge in [-0.25, -0.2) is 0 Å². The van der Waals surface area contributed by atoms with Crippen molar-refractivity contribution in [2.45, 2.75) is 53.9 Å². The number of hydrogen-bond acceptors (Lipinski definition) is 1. The second kappa shape index (κ2) is 6.76. The Morgan fingerprint density at radius 3 is 2.15 bits per heavy atom. The summed E-state index contributed by atoms with van der Waals surface area (Å²) >= 11 is 0. The van der Waals surface area contributed by atoms with E-state index in [0.717, 1.165) is 12.8 Å². The Kier molecular flexibility index (Phi) is 6.38. The molecule has 0 fully saturated rings. The van der Waals surface area contributed by atoms with Gasteiger partial charge in [0.2, 0.25) is 0 Å². The van der Waals surface area contributed by atoms with Gasteiger partial charge in [-0.3, -0.25) is 0 Å². The Morgan fingerprint density at radius 1 is 1.15 bits per heavy atom. The first-order chi connectivity index (χ1) is 6.11. The van der Waals surface area contributed by atoms with Crippen molar-refractivity contribution in [3.05, 3.63) is 23.0 Å². The van der Waals surface area contributed by atoms with E-state index in [1.165, 1.54) is 23.4 Å². The molecule has 0 aromatic carbocycles. The quantitative estimate of drug-likeness (QED) is 0.676. The average molecular weight is 181 g/mol. The van der Waals surface area contributed by atoms with Crippen LogP contribution in [-0.2, 0) is 0 Å². The molecule has 0 aliphatic carbocycles. The minimum Gasteiger partial charge on any atom is -0.363 e. The summed E-state index contributed by atoms with van der Waals surface area (Å²) in [6.45, 7) is 10.8. The molecule has 0 spiro atoms. The predicted octanol–water partition coefficient (Wildman–Crippen LogP) is 3.98. The van der Waals surface area contributed by atoms with E-state index in [9.17, 15) is 0 Å². The molecule has 1 heteroatoms. The zero-order chi connectivity index (χ0) is 10.3. The first-order valence-electron chi connectivity index (χ1n) is 5.21.